The number of allylic oxidation sites excluding steroid dienone is 1. The van der Waals surface area contributed by atoms with Crippen LogP contribution in [-0.2, 0) is 9.22 Å². The van der Waals surface area contributed by atoms with Crippen LogP contribution in [-0.4, -0.2) is 20.2 Å². The van der Waals surface area contributed by atoms with Crippen LogP contribution < -0.4 is 0 Å². The van der Waals surface area contributed by atoms with Crippen LogP contribution in [0.25, 0.3) is 0 Å². The van der Waals surface area contributed by atoms with Crippen molar-refractivity contribution >= 4 is 14.1 Å². The molecule has 0 radical (unpaired) electrons. The smallest absolute Gasteiger partial charge is 0.192 e. The second kappa shape index (κ2) is 5.30. The van der Waals surface area contributed by atoms with E-state index in [0.717, 1.165) is 5.56 Å². The molecule has 1 aromatic rings. The molecule has 2 rings (SSSR count). The van der Waals surface area contributed by atoms with Crippen molar-refractivity contribution in [2.24, 2.45) is 0 Å². The highest BCUT2D eigenvalue weighted by Gasteiger charge is 2.42. The maximum Gasteiger partial charge on any atom is 0.192 e. The lowest BCUT2D eigenvalue weighted by Gasteiger charge is -2.39. The molecule has 0 heterocycles. The lowest BCUT2D eigenvalue weighted by molar-refractivity contribution is -0.116. The molecule has 20 heavy (non-hydrogen) atoms. The van der Waals surface area contributed by atoms with Crippen molar-refractivity contribution in [3.63, 3.8) is 0 Å². The van der Waals surface area contributed by atoms with E-state index in [2.05, 4.69) is 33.9 Å². The van der Waals surface area contributed by atoms with Gasteiger partial charge >= 0.3 is 0 Å². The van der Waals surface area contributed by atoms with Gasteiger partial charge in [0.1, 0.15) is 0 Å². The third-order valence-corrected chi connectivity index (χ3v) is 8.95. The Morgan fingerprint density at radius 3 is 2.25 bits per heavy atom. The molecule has 1 aromatic carbocycles. The fraction of sp³-hybridized carbons (Fsp3) is 0.471. The van der Waals surface area contributed by atoms with Gasteiger partial charge in [0.25, 0.3) is 0 Å². The predicted octanol–water partition coefficient (Wildman–Crippen LogP) is 4.30. The molecular formula is C17H24O2Si. The van der Waals surface area contributed by atoms with Crippen molar-refractivity contribution in [3.8, 4) is 0 Å². The van der Waals surface area contributed by atoms with Crippen molar-refractivity contribution < 1.29 is 9.22 Å². The summed E-state index contributed by atoms with van der Waals surface area (Å²) in [6, 6.07) is 9.95. The van der Waals surface area contributed by atoms with Gasteiger partial charge in [-0.15, -0.1) is 0 Å². The van der Waals surface area contributed by atoms with Gasteiger partial charge in [0, 0.05) is 0 Å². The van der Waals surface area contributed by atoms with Gasteiger partial charge in [-0.05, 0) is 29.8 Å². The molecule has 0 N–H and O–H groups in total. The van der Waals surface area contributed by atoms with Crippen molar-refractivity contribution in [3.05, 3.63) is 48.0 Å². The summed E-state index contributed by atoms with van der Waals surface area (Å²) >= 11 is 0. The first-order chi connectivity index (χ1) is 9.22. The minimum absolute atomic E-state index is 0.120. The molecule has 3 heteroatoms. The molecule has 1 aliphatic rings. The van der Waals surface area contributed by atoms with Crippen LogP contribution >= 0.6 is 0 Å². The summed E-state index contributed by atoms with van der Waals surface area (Å²) in [5.41, 5.74) is 1.05. The summed E-state index contributed by atoms with van der Waals surface area (Å²) in [6.45, 7) is 11.1. The minimum Gasteiger partial charge on any atom is -0.409 e. The maximum absolute atomic E-state index is 12.2. The number of hydrogen-bond donors (Lipinski definition) is 0. The number of rotatable bonds is 3. The Balaban J connectivity index is 2.24. The van der Waals surface area contributed by atoms with Crippen LogP contribution in [0.2, 0.25) is 18.1 Å². The van der Waals surface area contributed by atoms with Crippen LogP contribution in [0, 0.1) is 0 Å². The second-order valence-electron chi connectivity index (χ2n) is 6.99. The highest BCUT2D eigenvalue weighted by atomic mass is 28.4. The van der Waals surface area contributed by atoms with Gasteiger partial charge in [0.15, 0.2) is 14.1 Å². The molecule has 0 saturated carbocycles. The van der Waals surface area contributed by atoms with Gasteiger partial charge in [-0.1, -0.05) is 57.2 Å². The number of benzene rings is 1. The highest BCUT2D eigenvalue weighted by molar-refractivity contribution is 6.74. The predicted molar refractivity (Wildman–Crippen MR) is 85.4 cm³/mol. The van der Waals surface area contributed by atoms with Crippen molar-refractivity contribution in [2.45, 2.75) is 50.9 Å². The van der Waals surface area contributed by atoms with Gasteiger partial charge in [-0.2, -0.15) is 0 Å². The minimum atomic E-state index is -1.88. The average molecular weight is 288 g/mol. The van der Waals surface area contributed by atoms with Crippen LogP contribution in [0.4, 0.5) is 0 Å². The van der Waals surface area contributed by atoms with Gasteiger partial charge in [0.05, 0.1) is 12.0 Å². The molecule has 0 saturated heterocycles. The molecular weight excluding hydrogens is 264 g/mol. The number of ketones is 1. The second-order valence-corrected chi connectivity index (χ2v) is 11.7. The van der Waals surface area contributed by atoms with E-state index in [0.29, 0.717) is 0 Å². The van der Waals surface area contributed by atoms with E-state index in [9.17, 15) is 4.79 Å². The molecule has 0 unspecified atom stereocenters. The SMILES string of the molecule is CC(C)(C)[Si](C)(C)O[C@H]1C=CC(=O)[C@@H]1c1ccccc1. The quantitative estimate of drug-likeness (QED) is 0.775. The standard InChI is InChI=1S/C17H24O2Si/c1-17(2,3)20(4,5)19-15-12-11-14(18)16(15)13-9-7-6-8-10-13/h6-12,15-16H,1-5H3/t15-,16-/m0/s1. The van der Waals surface area contributed by atoms with E-state index in [1.54, 1.807) is 6.08 Å². The fourth-order valence-electron chi connectivity index (χ4n) is 2.20. The Morgan fingerprint density at radius 1 is 1.10 bits per heavy atom. The molecule has 2 nitrogen and oxygen atoms in total. The zero-order valence-corrected chi connectivity index (χ0v) is 14.0. The van der Waals surface area contributed by atoms with Crippen LogP contribution in [0.15, 0.2) is 42.5 Å². The largest absolute Gasteiger partial charge is 0.409 e. The highest BCUT2D eigenvalue weighted by Crippen LogP contribution is 2.40. The topological polar surface area (TPSA) is 26.3 Å². The first-order valence-corrected chi connectivity index (χ1v) is 10.1. The van der Waals surface area contributed by atoms with Crippen molar-refractivity contribution in [1.82, 2.24) is 0 Å². The molecule has 0 bridgehead atoms. The summed E-state index contributed by atoms with van der Waals surface area (Å²) in [5.74, 6) is -0.0229. The zero-order valence-electron chi connectivity index (χ0n) is 13.0. The maximum atomic E-state index is 12.2. The van der Waals surface area contributed by atoms with Crippen LogP contribution in [0.1, 0.15) is 32.3 Å². The van der Waals surface area contributed by atoms with Gasteiger partial charge in [0.2, 0.25) is 0 Å². The average Bonchev–Trinajstić information content (AvgIpc) is 2.69. The number of carbonyl (C=O) groups excluding carboxylic acids is 1. The molecule has 2 atom stereocenters. The summed E-state index contributed by atoms with van der Waals surface area (Å²) in [5, 5.41) is 0.147. The summed E-state index contributed by atoms with van der Waals surface area (Å²) in [4.78, 5) is 12.2. The van der Waals surface area contributed by atoms with Gasteiger partial charge in [-0.25, -0.2) is 0 Å². The van der Waals surface area contributed by atoms with E-state index < -0.39 is 8.32 Å². The van der Waals surface area contributed by atoms with Gasteiger partial charge < -0.3 is 4.43 Å². The summed E-state index contributed by atoms with van der Waals surface area (Å²) in [6.07, 6.45) is 3.49. The molecule has 1 aliphatic carbocycles. The first kappa shape index (κ1) is 15.2. The molecule has 0 spiro atoms. The molecule has 0 fully saturated rings. The third kappa shape index (κ3) is 2.94. The Kier molecular flexibility index (Phi) is 4.03. The Morgan fingerprint density at radius 2 is 1.70 bits per heavy atom. The summed E-state index contributed by atoms with van der Waals surface area (Å²) in [7, 11) is -1.88. The van der Waals surface area contributed by atoms with Crippen LogP contribution in [0.5, 0.6) is 0 Å². The molecule has 0 amide bonds. The van der Waals surface area contributed by atoms with Crippen molar-refractivity contribution in [2.75, 3.05) is 0 Å². The lowest BCUT2D eigenvalue weighted by Crippen LogP contribution is -2.44. The summed E-state index contributed by atoms with van der Waals surface area (Å²) < 4.78 is 6.43. The van der Waals surface area contributed by atoms with E-state index in [4.69, 9.17) is 4.43 Å². The number of hydrogen-bond acceptors (Lipinski definition) is 2. The van der Waals surface area contributed by atoms with Gasteiger partial charge in [-0.3, -0.25) is 4.79 Å². The Labute approximate surface area is 123 Å². The van der Waals surface area contributed by atoms with E-state index in [-0.39, 0.29) is 22.8 Å². The first-order valence-electron chi connectivity index (χ1n) is 7.17. The van der Waals surface area contributed by atoms with Crippen molar-refractivity contribution in [1.29, 1.82) is 0 Å². The molecule has 0 aliphatic heterocycles. The number of carbonyl (C=O) groups is 1. The Hall–Kier alpha value is -1.19. The van der Waals surface area contributed by atoms with E-state index >= 15 is 0 Å². The normalized spacial score (nSPS) is 23.4. The fourth-order valence-corrected chi connectivity index (χ4v) is 3.45. The Bertz CT molecular complexity index is 512. The monoisotopic (exact) mass is 288 g/mol. The zero-order chi connectivity index (χ0) is 15.0. The van der Waals surface area contributed by atoms with E-state index in [1.807, 2.05) is 36.4 Å². The van der Waals surface area contributed by atoms with Crippen LogP contribution in [0.3, 0.4) is 0 Å². The molecule has 0 aromatic heterocycles. The third-order valence-electron chi connectivity index (χ3n) is 4.48. The van der Waals surface area contributed by atoms with E-state index in [1.165, 1.54) is 0 Å². The molecule has 108 valence electrons. The lowest BCUT2D eigenvalue weighted by atomic mass is 9.94.